The first kappa shape index (κ1) is 13.6. The Bertz CT molecular complexity index is 465. The van der Waals surface area contributed by atoms with E-state index in [0.717, 1.165) is 25.9 Å². The molecule has 0 unspecified atom stereocenters. The summed E-state index contributed by atoms with van der Waals surface area (Å²) in [4.78, 5) is 25.8. The van der Waals surface area contributed by atoms with Gasteiger partial charge in [-0.15, -0.1) is 0 Å². The Balaban J connectivity index is 2.18. The number of nitrogens with zero attached hydrogens (tertiary/aromatic N) is 1. The van der Waals surface area contributed by atoms with Crippen LogP contribution in [0.2, 0.25) is 0 Å². The van der Waals surface area contributed by atoms with E-state index in [9.17, 15) is 9.59 Å². The first-order valence-electron chi connectivity index (χ1n) is 6.90. The van der Waals surface area contributed by atoms with Gasteiger partial charge in [0.25, 0.3) is 5.91 Å². The number of anilines is 1. The highest BCUT2D eigenvalue weighted by Gasteiger charge is 2.20. The molecule has 0 radical (unpaired) electrons. The third-order valence-electron chi connectivity index (χ3n) is 3.40. The van der Waals surface area contributed by atoms with Crippen molar-refractivity contribution in [3.8, 4) is 0 Å². The minimum atomic E-state index is -0.0705. The van der Waals surface area contributed by atoms with E-state index in [-0.39, 0.29) is 11.8 Å². The highest BCUT2D eigenvalue weighted by Crippen LogP contribution is 2.20. The molecule has 1 aromatic carbocycles. The zero-order valence-electron chi connectivity index (χ0n) is 11.3. The lowest BCUT2D eigenvalue weighted by molar-refractivity contribution is -0.115. The van der Waals surface area contributed by atoms with E-state index in [0.29, 0.717) is 17.7 Å². The Morgan fingerprint density at radius 3 is 2.53 bits per heavy atom. The molecule has 1 N–H and O–H groups in total. The fraction of sp³-hybridized carbons (Fsp3) is 0.467. The maximum Gasteiger partial charge on any atom is 0.255 e. The lowest BCUT2D eigenvalue weighted by Gasteiger charge is -2.27. The molecule has 2 amide bonds. The van der Waals surface area contributed by atoms with Crippen molar-refractivity contribution in [1.29, 1.82) is 0 Å². The number of piperidine rings is 1. The van der Waals surface area contributed by atoms with Crippen molar-refractivity contribution in [2.24, 2.45) is 0 Å². The first-order chi connectivity index (χ1) is 9.22. The summed E-state index contributed by atoms with van der Waals surface area (Å²) < 4.78 is 0. The average molecular weight is 260 g/mol. The van der Waals surface area contributed by atoms with E-state index in [1.165, 1.54) is 6.42 Å². The van der Waals surface area contributed by atoms with E-state index in [2.05, 4.69) is 5.32 Å². The molecule has 0 aliphatic carbocycles. The summed E-state index contributed by atoms with van der Waals surface area (Å²) in [7, 11) is 0. The zero-order valence-corrected chi connectivity index (χ0v) is 11.3. The second-order valence-corrected chi connectivity index (χ2v) is 4.80. The minimum Gasteiger partial charge on any atom is -0.339 e. The fourth-order valence-corrected chi connectivity index (χ4v) is 2.28. The smallest absolute Gasteiger partial charge is 0.255 e. The number of benzene rings is 1. The quantitative estimate of drug-likeness (QED) is 0.908. The SMILES string of the molecule is CCC(=O)Nc1ccccc1C(=O)N1CCCCC1. The normalized spacial score (nSPS) is 15.1. The molecule has 0 atom stereocenters. The molecule has 102 valence electrons. The standard InChI is InChI=1S/C15H20N2O2/c1-2-14(18)16-13-9-5-4-8-12(13)15(19)17-10-6-3-7-11-17/h4-5,8-9H,2-3,6-7,10-11H2,1H3,(H,16,18). The molecule has 0 bridgehead atoms. The second-order valence-electron chi connectivity index (χ2n) is 4.80. The van der Waals surface area contributed by atoms with Gasteiger partial charge in [-0.25, -0.2) is 0 Å². The molecule has 1 fully saturated rings. The Morgan fingerprint density at radius 2 is 1.84 bits per heavy atom. The van der Waals surface area contributed by atoms with Crippen LogP contribution in [-0.4, -0.2) is 29.8 Å². The van der Waals surface area contributed by atoms with E-state index in [4.69, 9.17) is 0 Å². The minimum absolute atomic E-state index is 0.0201. The number of amides is 2. The van der Waals surface area contributed by atoms with Crippen molar-refractivity contribution < 1.29 is 9.59 Å². The van der Waals surface area contributed by atoms with Gasteiger partial charge in [-0.1, -0.05) is 19.1 Å². The molecule has 2 rings (SSSR count). The summed E-state index contributed by atoms with van der Waals surface area (Å²) in [6.45, 7) is 3.42. The van der Waals surface area contributed by atoms with Crippen LogP contribution in [0.1, 0.15) is 43.0 Å². The number of hydrogen-bond donors (Lipinski definition) is 1. The molecule has 1 aliphatic rings. The predicted octanol–water partition coefficient (Wildman–Crippen LogP) is 2.66. The second kappa shape index (κ2) is 6.36. The predicted molar refractivity (Wildman–Crippen MR) is 75.1 cm³/mol. The molecule has 4 heteroatoms. The summed E-state index contributed by atoms with van der Waals surface area (Å²) in [5.41, 5.74) is 1.20. The van der Waals surface area contributed by atoms with E-state index < -0.39 is 0 Å². The lowest BCUT2D eigenvalue weighted by Crippen LogP contribution is -2.36. The maximum atomic E-state index is 12.5. The highest BCUT2D eigenvalue weighted by atomic mass is 16.2. The number of rotatable bonds is 3. The van der Waals surface area contributed by atoms with Crippen LogP contribution in [0.3, 0.4) is 0 Å². The summed E-state index contributed by atoms with van der Waals surface area (Å²) in [6, 6.07) is 7.23. The van der Waals surface area contributed by atoms with Gasteiger partial charge in [0.05, 0.1) is 11.3 Å². The van der Waals surface area contributed by atoms with Crippen molar-refractivity contribution in [1.82, 2.24) is 4.90 Å². The Morgan fingerprint density at radius 1 is 1.16 bits per heavy atom. The summed E-state index contributed by atoms with van der Waals surface area (Å²) in [5.74, 6) is -0.0504. The van der Waals surface area contributed by atoms with Gasteiger partial charge in [0.1, 0.15) is 0 Å². The monoisotopic (exact) mass is 260 g/mol. The van der Waals surface area contributed by atoms with Crippen LogP contribution < -0.4 is 5.32 Å². The number of para-hydroxylation sites is 1. The zero-order chi connectivity index (χ0) is 13.7. The third kappa shape index (κ3) is 3.34. The Labute approximate surface area is 113 Å². The number of likely N-dealkylation sites (tertiary alicyclic amines) is 1. The number of carbonyl (C=O) groups is 2. The molecule has 0 saturated carbocycles. The molecular formula is C15H20N2O2. The Hall–Kier alpha value is -1.84. The van der Waals surface area contributed by atoms with E-state index in [1.54, 1.807) is 19.1 Å². The average Bonchev–Trinajstić information content (AvgIpc) is 2.48. The third-order valence-corrected chi connectivity index (χ3v) is 3.40. The first-order valence-corrected chi connectivity index (χ1v) is 6.90. The molecule has 0 spiro atoms. The van der Waals surface area contributed by atoms with Gasteiger partial charge in [0.2, 0.25) is 5.91 Å². The number of carbonyl (C=O) groups excluding carboxylic acids is 2. The topological polar surface area (TPSA) is 49.4 Å². The van der Waals surface area contributed by atoms with Crippen molar-refractivity contribution in [2.75, 3.05) is 18.4 Å². The molecule has 19 heavy (non-hydrogen) atoms. The molecule has 1 saturated heterocycles. The van der Waals surface area contributed by atoms with Crippen LogP contribution in [0.25, 0.3) is 0 Å². The maximum absolute atomic E-state index is 12.5. The molecule has 1 aliphatic heterocycles. The molecular weight excluding hydrogens is 240 g/mol. The highest BCUT2D eigenvalue weighted by molar-refractivity contribution is 6.03. The van der Waals surface area contributed by atoms with E-state index >= 15 is 0 Å². The lowest BCUT2D eigenvalue weighted by atomic mass is 10.1. The van der Waals surface area contributed by atoms with Gasteiger partial charge in [-0.2, -0.15) is 0 Å². The Kier molecular flexibility index (Phi) is 4.55. The summed E-state index contributed by atoms with van der Waals surface area (Å²) in [6.07, 6.45) is 3.73. The van der Waals surface area contributed by atoms with Crippen molar-refractivity contribution >= 4 is 17.5 Å². The van der Waals surface area contributed by atoms with Gasteiger partial charge >= 0.3 is 0 Å². The van der Waals surface area contributed by atoms with Crippen LogP contribution in [0, 0.1) is 0 Å². The van der Waals surface area contributed by atoms with Gasteiger partial charge in [0.15, 0.2) is 0 Å². The largest absolute Gasteiger partial charge is 0.339 e. The van der Waals surface area contributed by atoms with Gasteiger partial charge in [-0.05, 0) is 31.4 Å². The van der Waals surface area contributed by atoms with Crippen LogP contribution in [0.15, 0.2) is 24.3 Å². The molecule has 1 heterocycles. The number of nitrogens with one attached hydrogen (secondary N) is 1. The number of hydrogen-bond acceptors (Lipinski definition) is 2. The van der Waals surface area contributed by atoms with Crippen LogP contribution in [0.5, 0.6) is 0 Å². The van der Waals surface area contributed by atoms with E-state index in [1.807, 2.05) is 17.0 Å². The fourth-order valence-electron chi connectivity index (χ4n) is 2.28. The van der Waals surface area contributed by atoms with Crippen molar-refractivity contribution in [3.05, 3.63) is 29.8 Å². The van der Waals surface area contributed by atoms with Gasteiger partial charge < -0.3 is 10.2 Å². The van der Waals surface area contributed by atoms with Crippen molar-refractivity contribution in [3.63, 3.8) is 0 Å². The molecule has 0 aromatic heterocycles. The van der Waals surface area contributed by atoms with Crippen LogP contribution in [-0.2, 0) is 4.79 Å². The van der Waals surface area contributed by atoms with Crippen molar-refractivity contribution in [2.45, 2.75) is 32.6 Å². The molecule has 4 nitrogen and oxygen atoms in total. The van der Waals surface area contributed by atoms with Crippen LogP contribution in [0.4, 0.5) is 5.69 Å². The van der Waals surface area contributed by atoms with Crippen LogP contribution >= 0.6 is 0 Å². The molecule has 1 aromatic rings. The summed E-state index contributed by atoms with van der Waals surface area (Å²) >= 11 is 0. The summed E-state index contributed by atoms with van der Waals surface area (Å²) in [5, 5.41) is 2.79. The van der Waals surface area contributed by atoms with Gasteiger partial charge in [0, 0.05) is 19.5 Å². The van der Waals surface area contributed by atoms with Gasteiger partial charge in [-0.3, -0.25) is 9.59 Å².